The van der Waals surface area contributed by atoms with Gasteiger partial charge in [-0.3, -0.25) is 4.68 Å². The van der Waals surface area contributed by atoms with Gasteiger partial charge in [-0.15, -0.1) is 0 Å². The molecule has 5 heteroatoms. The molecule has 0 aliphatic heterocycles. The van der Waals surface area contributed by atoms with Crippen molar-refractivity contribution in [3.05, 3.63) is 84.3 Å². The molecule has 0 aliphatic rings. The molecule has 0 unspecified atom stereocenters. The van der Waals surface area contributed by atoms with Crippen LogP contribution < -0.4 is 5.32 Å². The molecule has 0 fully saturated rings. The quantitative estimate of drug-likeness (QED) is 0.625. The van der Waals surface area contributed by atoms with Gasteiger partial charge in [-0.25, -0.2) is 9.97 Å². The van der Waals surface area contributed by atoms with E-state index in [2.05, 4.69) is 44.6 Å². The number of hydrogen-bond donors (Lipinski definition) is 1. The summed E-state index contributed by atoms with van der Waals surface area (Å²) < 4.78 is 1.75. The first-order chi connectivity index (χ1) is 11.8. The second-order valence-corrected chi connectivity index (χ2v) is 5.63. The Kier molecular flexibility index (Phi) is 3.67. The van der Waals surface area contributed by atoms with Crippen molar-refractivity contribution in [3.63, 3.8) is 0 Å². The third-order valence-electron chi connectivity index (χ3n) is 4.08. The number of nitrogens with zero attached hydrogens (tertiary/aromatic N) is 4. The Labute approximate surface area is 140 Å². The first kappa shape index (κ1) is 14.4. The van der Waals surface area contributed by atoms with Crippen LogP contribution in [-0.4, -0.2) is 19.7 Å². The maximum Gasteiger partial charge on any atom is 0.163 e. The fraction of sp³-hybridized carbons (Fsp3) is 0.105. The van der Waals surface area contributed by atoms with E-state index in [0.29, 0.717) is 0 Å². The Morgan fingerprint density at radius 2 is 1.50 bits per heavy atom. The van der Waals surface area contributed by atoms with Crippen LogP contribution in [0.1, 0.15) is 17.2 Å². The summed E-state index contributed by atoms with van der Waals surface area (Å²) >= 11 is 0. The molecule has 0 bridgehead atoms. The minimum absolute atomic E-state index is 0.00528. The number of rotatable bonds is 4. The van der Waals surface area contributed by atoms with Crippen LogP contribution in [0.4, 0.5) is 5.82 Å². The zero-order valence-corrected chi connectivity index (χ0v) is 13.3. The summed E-state index contributed by atoms with van der Waals surface area (Å²) in [6.07, 6.45) is 3.37. The molecule has 1 N–H and O–H groups in total. The van der Waals surface area contributed by atoms with E-state index in [1.807, 2.05) is 43.4 Å². The van der Waals surface area contributed by atoms with Crippen LogP contribution in [-0.2, 0) is 7.05 Å². The summed E-state index contributed by atoms with van der Waals surface area (Å²) in [6.45, 7) is 0. The Morgan fingerprint density at radius 3 is 2.12 bits per heavy atom. The van der Waals surface area contributed by atoms with Crippen LogP contribution in [0.15, 0.2) is 73.2 Å². The molecule has 0 saturated carbocycles. The predicted molar refractivity (Wildman–Crippen MR) is 94.7 cm³/mol. The van der Waals surface area contributed by atoms with E-state index in [1.54, 1.807) is 17.2 Å². The number of anilines is 1. The smallest absolute Gasteiger partial charge is 0.163 e. The van der Waals surface area contributed by atoms with Gasteiger partial charge in [0.05, 0.1) is 17.6 Å². The lowest BCUT2D eigenvalue weighted by Crippen LogP contribution is -2.13. The topological polar surface area (TPSA) is 55.6 Å². The van der Waals surface area contributed by atoms with Crippen molar-refractivity contribution >= 4 is 16.9 Å². The van der Waals surface area contributed by atoms with E-state index < -0.39 is 0 Å². The van der Waals surface area contributed by atoms with Crippen LogP contribution in [0.2, 0.25) is 0 Å². The van der Waals surface area contributed by atoms with Crippen molar-refractivity contribution < 1.29 is 0 Å². The molecule has 4 rings (SSSR count). The largest absolute Gasteiger partial charge is 0.358 e. The molecule has 0 saturated heterocycles. The number of benzene rings is 2. The number of aromatic nitrogens is 4. The molecule has 0 atom stereocenters. The highest BCUT2D eigenvalue weighted by molar-refractivity contribution is 5.86. The lowest BCUT2D eigenvalue weighted by molar-refractivity contribution is 0.785. The fourth-order valence-electron chi connectivity index (χ4n) is 2.86. The zero-order chi connectivity index (χ0) is 16.4. The Bertz CT molecular complexity index is 908. The summed E-state index contributed by atoms with van der Waals surface area (Å²) in [5.74, 6) is 0.783. The number of nitrogens with one attached hydrogen (secondary N) is 1. The maximum absolute atomic E-state index is 4.44. The van der Waals surface area contributed by atoms with Gasteiger partial charge in [-0.2, -0.15) is 5.10 Å². The average Bonchev–Trinajstić information content (AvgIpc) is 3.03. The molecule has 0 spiro atoms. The maximum atomic E-state index is 4.44. The van der Waals surface area contributed by atoms with Gasteiger partial charge in [0.2, 0.25) is 0 Å². The Balaban J connectivity index is 1.80. The summed E-state index contributed by atoms with van der Waals surface area (Å²) in [7, 11) is 1.88. The first-order valence-electron chi connectivity index (χ1n) is 7.82. The Morgan fingerprint density at radius 1 is 0.875 bits per heavy atom. The van der Waals surface area contributed by atoms with Crippen molar-refractivity contribution in [3.8, 4) is 0 Å². The van der Waals surface area contributed by atoms with Gasteiger partial charge in [-0.05, 0) is 11.1 Å². The molecule has 2 aromatic heterocycles. The first-order valence-corrected chi connectivity index (χ1v) is 7.82. The summed E-state index contributed by atoms with van der Waals surface area (Å²) in [4.78, 5) is 8.74. The van der Waals surface area contributed by atoms with Gasteiger partial charge < -0.3 is 5.32 Å². The second kappa shape index (κ2) is 6.12. The summed E-state index contributed by atoms with van der Waals surface area (Å²) in [5.41, 5.74) is 3.17. The van der Waals surface area contributed by atoms with E-state index in [4.69, 9.17) is 0 Å². The van der Waals surface area contributed by atoms with Gasteiger partial charge in [0.1, 0.15) is 12.1 Å². The van der Waals surface area contributed by atoms with E-state index in [1.165, 1.54) is 11.1 Å². The van der Waals surface area contributed by atoms with Gasteiger partial charge in [-0.1, -0.05) is 60.7 Å². The third-order valence-corrected chi connectivity index (χ3v) is 4.08. The lowest BCUT2D eigenvalue weighted by atomic mass is 9.98. The normalized spacial score (nSPS) is 11.1. The SMILES string of the molecule is Cn1ncc2c(NC(c3ccccc3)c3ccccc3)ncnc21. The number of hydrogen-bond acceptors (Lipinski definition) is 4. The van der Waals surface area contributed by atoms with Gasteiger partial charge >= 0.3 is 0 Å². The van der Waals surface area contributed by atoms with E-state index >= 15 is 0 Å². The van der Waals surface area contributed by atoms with E-state index in [0.717, 1.165) is 16.9 Å². The van der Waals surface area contributed by atoms with Gasteiger partial charge in [0, 0.05) is 7.05 Å². The minimum Gasteiger partial charge on any atom is -0.358 e. The van der Waals surface area contributed by atoms with Crippen molar-refractivity contribution in [1.29, 1.82) is 0 Å². The molecule has 2 aromatic carbocycles. The Hall–Kier alpha value is -3.21. The lowest BCUT2D eigenvalue weighted by Gasteiger charge is -2.20. The van der Waals surface area contributed by atoms with Crippen molar-refractivity contribution in [2.75, 3.05) is 5.32 Å². The molecule has 4 aromatic rings. The standard InChI is InChI=1S/C19H17N5/c1-24-19-16(12-22-24)18(20-13-21-19)23-17(14-8-4-2-5-9-14)15-10-6-3-7-11-15/h2-13,17H,1H3,(H,20,21,23). The van der Waals surface area contributed by atoms with Crippen LogP contribution in [0.5, 0.6) is 0 Å². The van der Waals surface area contributed by atoms with Crippen molar-refractivity contribution in [1.82, 2.24) is 19.7 Å². The molecule has 5 nitrogen and oxygen atoms in total. The van der Waals surface area contributed by atoms with Crippen LogP contribution in [0, 0.1) is 0 Å². The molecule has 0 amide bonds. The number of fused-ring (bicyclic) bond motifs is 1. The number of aryl methyl sites for hydroxylation is 1. The van der Waals surface area contributed by atoms with E-state index in [9.17, 15) is 0 Å². The van der Waals surface area contributed by atoms with Crippen LogP contribution in [0.25, 0.3) is 11.0 Å². The minimum atomic E-state index is 0.00528. The monoisotopic (exact) mass is 315 g/mol. The third kappa shape index (κ3) is 2.60. The summed E-state index contributed by atoms with van der Waals surface area (Å²) in [5, 5.41) is 8.76. The second-order valence-electron chi connectivity index (χ2n) is 5.63. The van der Waals surface area contributed by atoms with Crippen LogP contribution in [0.3, 0.4) is 0 Å². The fourth-order valence-corrected chi connectivity index (χ4v) is 2.86. The molecular weight excluding hydrogens is 298 g/mol. The molecule has 24 heavy (non-hydrogen) atoms. The molecule has 0 radical (unpaired) electrons. The summed E-state index contributed by atoms with van der Waals surface area (Å²) in [6, 6.07) is 20.7. The molecular formula is C19H17N5. The average molecular weight is 315 g/mol. The zero-order valence-electron chi connectivity index (χ0n) is 13.3. The molecule has 118 valence electrons. The van der Waals surface area contributed by atoms with E-state index in [-0.39, 0.29) is 6.04 Å². The highest BCUT2D eigenvalue weighted by atomic mass is 15.3. The predicted octanol–water partition coefficient (Wildman–Crippen LogP) is 3.56. The van der Waals surface area contributed by atoms with Crippen LogP contribution >= 0.6 is 0 Å². The van der Waals surface area contributed by atoms with Gasteiger partial charge in [0.25, 0.3) is 0 Å². The highest BCUT2D eigenvalue weighted by Gasteiger charge is 2.16. The van der Waals surface area contributed by atoms with Crippen molar-refractivity contribution in [2.45, 2.75) is 6.04 Å². The highest BCUT2D eigenvalue weighted by Crippen LogP contribution is 2.28. The molecule has 0 aliphatic carbocycles. The van der Waals surface area contributed by atoms with Gasteiger partial charge in [0.15, 0.2) is 5.65 Å². The van der Waals surface area contributed by atoms with Crippen molar-refractivity contribution in [2.24, 2.45) is 7.05 Å². The molecule has 2 heterocycles.